The third kappa shape index (κ3) is 6.82. The smallest absolute Gasteiger partial charge is 0.308 e. The molecule has 0 unspecified atom stereocenters. The lowest BCUT2D eigenvalue weighted by atomic mass is 10.1. The van der Waals surface area contributed by atoms with E-state index < -0.39 is 8.32 Å². The number of hydrogen-bond donors (Lipinski definition) is 1. The largest absolute Gasteiger partial charge is 0.458 e. The van der Waals surface area contributed by atoms with E-state index in [1.54, 1.807) is 7.05 Å². The van der Waals surface area contributed by atoms with Crippen LogP contribution in [0.1, 0.15) is 65.7 Å². The van der Waals surface area contributed by atoms with Crippen LogP contribution in [0.3, 0.4) is 0 Å². The van der Waals surface area contributed by atoms with Gasteiger partial charge in [0.25, 0.3) is 0 Å². The Labute approximate surface area is 148 Å². The normalized spacial score (nSPS) is 21.5. The van der Waals surface area contributed by atoms with Gasteiger partial charge in [-0.25, -0.2) is 0 Å². The SMILES string of the molecule is CCCC[Si](CCCC)(CCCC)OC[C@H]1OC(=O)C[C@@H]1N(C)O. The molecule has 1 heterocycles. The predicted molar refractivity (Wildman–Crippen MR) is 98.7 cm³/mol. The van der Waals surface area contributed by atoms with Gasteiger partial charge in [-0.3, -0.25) is 4.79 Å². The van der Waals surface area contributed by atoms with Crippen LogP contribution in [0.15, 0.2) is 0 Å². The molecule has 0 aromatic carbocycles. The molecule has 0 bridgehead atoms. The fraction of sp³-hybridized carbons (Fsp3) is 0.944. The second-order valence-corrected chi connectivity index (χ2v) is 11.3. The van der Waals surface area contributed by atoms with E-state index >= 15 is 0 Å². The molecule has 1 aliphatic heterocycles. The van der Waals surface area contributed by atoms with Gasteiger partial charge in [-0.05, 0) is 18.1 Å². The van der Waals surface area contributed by atoms with Crippen LogP contribution >= 0.6 is 0 Å². The third-order valence-electron chi connectivity index (χ3n) is 5.08. The molecule has 2 atom stereocenters. The molecule has 1 aliphatic rings. The van der Waals surface area contributed by atoms with Gasteiger partial charge in [-0.2, -0.15) is 5.06 Å². The number of likely N-dealkylation sites (N-methyl/N-ethyl adjacent to an activating group) is 1. The Morgan fingerprint density at radius 3 is 2.04 bits per heavy atom. The number of hydrogen-bond acceptors (Lipinski definition) is 5. The summed E-state index contributed by atoms with van der Waals surface area (Å²) in [5.74, 6) is -0.238. The first kappa shape index (κ1) is 21.6. The molecule has 0 aromatic rings. The fourth-order valence-corrected chi connectivity index (χ4v) is 8.16. The highest BCUT2D eigenvalue weighted by Gasteiger charge is 2.40. The average Bonchev–Trinajstić information content (AvgIpc) is 2.95. The van der Waals surface area contributed by atoms with E-state index in [1.165, 1.54) is 56.7 Å². The summed E-state index contributed by atoms with van der Waals surface area (Å²) in [6.45, 7) is 7.13. The van der Waals surface area contributed by atoms with E-state index in [0.29, 0.717) is 6.61 Å². The minimum absolute atomic E-state index is 0.238. The maximum absolute atomic E-state index is 11.6. The van der Waals surface area contributed by atoms with E-state index in [1.807, 2.05) is 0 Å². The number of carbonyl (C=O) groups is 1. The quantitative estimate of drug-likeness (QED) is 0.301. The van der Waals surface area contributed by atoms with Crippen LogP contribution in [-0.2, 0) is 14.0 Å². The van der Waals surface area contributed by atoms with E-state index in [-0.39, 0.29) is 24.5 Å². The van der Waals surface area contributed by atoms with E-state index in [4.69, 9.17) is 9.16 Å². The summed E-state index contributed by atoms with van der Waals surface area (Å²) in [7, 11) is -0.225. The lowest BCUT2D eigenvalue weighted by Crippen LogP contribution is -2.44. The van der Waals surface area contributed by atoms with Crippen LogP contribution in [0.2, 0.25) is 18.1 Å². The van der Waals surface area contributed by atoms with Crippen molar-refractivity contribution in [2.75, 3.05) is 13.7 Å². The van der Waals surface area contributed by atoms with Crippen LogP contribution in [0.4, 0.5) is 0 Å². The Balaban J connectivity index is 2.75. The summed E-state index contributed by atoms with van der Waals surface area (Å²) >= 11 is 0. The Bertz CT molecular complexity index is 343. The van der Waals surface area contributed by atoms with Gasteiger partial charge >= 0.3 is 5.97 Å². The highest BCUT2D eigenvalue weighted by molar-refractivity contribution is 6.73. The first-order valence-electron chi connectivity index (χ1n) is 9.73. The van der Waals surface area contributed by atoms with Gasteiger partial charge in [0.2, 0.25) is 0 Å². The predicted octanol–water partition coefficient (Wildman–Crippen LogP) is 4.35. The van der Waals surface area contributed by atoms with Crippen molar-refractivity contribution >= 4 is 14.3 Å². The van der Waals surface area contributed by atoms with Crippen LogP contribution in [0, 0.1) is 0 Å². The Morgan fingerprint density at radius 1 is 1.12 bits per heavy atom. The van der Waals surface area contributed by atoms with Crippen molar-refractivity contribution in [3.63, 3.8) is 0 Å². The summed E-state index contributed by atoms with van der Waals surface area (Å²) in [4.78, 5) is 11.6. The highest BCUT2D eigenvalue weighted by atomic mass is 28.4. The maximum atomic E-state index is 11.6. The molecule has 1 fully saturated rings. The molecule has 0 spiro atoms. The minimum atomic E-state index is -1.80. The first-order chi connectivity index (χ1) is 11.5. The van der Waals surface area contributed by atoms with E-state index in [9.17, 15) is 10.0 Å². The van der Waals surface area contributed by atoms with Crippen molar-refractivity contribution in [1.29, 1.82) is 0 Å². The molecule has 5 nitrogen and oxygen atoms in total. The summed E-state index contributed by atoms with van der Waals surface area (Å²) in [6, 6.07) is 3.31. The van der Waals surface area contributed by atoms with Crippen molar-refractivity contribution in [2.24, 2.45) is 0 Å². The Kier molecular flexibility index (Phi) is 10.1. The van der Waals surface area contributed by atoms with Crippen molar-refractivity contribution in [1.82, 2.24) is 5.06 Å². The molecule has 1 saturated heterocycles. The van der Waals surface area contributed by atoms with Gasteiger partial charge < -0.3 is 14.4 Å². The lowest BCUT2D eigenvalue weighted by Gasteiger charge is -2.34. The molecule has 24 heavy (non-hydrogen) atoms. The minimum Gasteiger partial charge on any atom is -0.458 e. The van der Waals surface area contributed by atoms with Gasteiger partial charge in [0, 0.05) is 7.05 Å². The zero-order valence-electron chi connectivity index (χ0n) is 16.1. The average molecular weight is 360 g/mol. The number of rotatable bonds is 13. The zero-order chi connectivity index (χ0) is 18.0. The topological polar surface area (TPSA) is 59.0 Å². The van der Waals surface area contributed by atoms with E-state index in [2.05, 4.69) is 20.8 Å². The van der Waals surface area contributed by atoms with Gasteiger partial charge in [0.1, 0.15) is 6.10 Å². The first-order valence-corrected chi connectivity index (χ1v) is 12.3. The zero-order valence-corrected chi connectivity index (χ0v) is 17.1. The summed E-state index contributed by atoms with van der Waals surface area (Å²) in [6.07, 6.45) is 7.12. The molecule has 6 heteroatoms. The van der Waals surface area contributed by atoms with Gasteiger partial charge in [0.15, 0.2) is 8.32 Å². The molecular formula is C18H37NO4Si. The number of carbonyl (C=O) groups excluding carboxylic acids is 1. The van der Waals surface area contributed by atoms with Gasteiger partial charge in [-0.15, -0.1) is 0 Å². The molecular weight excluding hydrogens is 322 g/mol. The number of esters is 1. The summed E-state index contributed by atoms with van der Waals surface area (Å²) in [5, 5.41) is 10.9. The molecule has 1 N–H and O–H groups in total. The molecule has 142 valence electrons. The van der Waals surface area contributed by atoms with Crippen LogP contribution in [-0.4, -0.2) is 50.4 Å². The van der Waals surface area contributed by atoms with Crippen molar-refractivity contribution in [3.05, 3.63) is 0 Å². The van der Waals surface area contributed by atoms with Gasteiger partial charge in [0.05, 0.1) is 19.1 Å². The molecule has 1 rings (SSSR count). The molecule has 0 radical (unpaired) electrons. The molecule has 0 saturated carbocycles. The van der Waals surface area contributed by atoms with Crippen LogP contribution in [0.25, 0.3) is 0 Å². The highest BCUT2D eigenvalue weighted by Crippen LogP contribution is 2.31. The third-order valence-corrected chi connectivity index (χ3v) is 9.65. The molecule has 0 aliphatic carbocycles. The second kappa shape index (κ2) is 11.2. The van der Waals surface area contributed by atoms with Gasteiger partial charge in [-0.1, -0.05) is 59.3 Å². The van der Waals surface area contributed by atoms with Crippen LogP contribution < -0.4 is 0 Å². The Hall–Kier alpha value is -0.433. The molecule has 0 amide bonds. The summed E-state index contributed by atoms with van der Waals surface area (Å²) < 4.78 is 12.0. The number of hydroxylamine groups is 2. The number of cyclic esters (lactones) is 1. The maximum Gasteiger partial charge on any atom is 0.308 e. The monoisotopic (exact) mass is 359 g/mol. The molecule has 0 aromatic heterocycles. The fourth-order valence-electron chi connectivity index (χ4n) is 3.46. The van der Waals surface area contributed by atoms with E-state index in [0.717, 1.165) is 5.06 Å². The van der Waals surface area contributed by atoms with Crippen molar-refractivity contribution in [2.45, 2.75) is 96.0 Å². The Morgan fingerprint density at radius 2 is 1.62 bits per heavy atom. The van der Waals surface area contributed by atoms with Crippen molar-refractivity contribution < 1.29 is 19.2 Å². The summed E-state index contributed by atoms with van der Waals surface area (Å²) in [5.41, 5.74) is 0. The number of unbranched alkanes of at least 4 members (excludes halogenated alkanes) is 3. The number of ether oxygens (including phenoxy) is 1. The number of nitrogens with zero attached hydrogens (tertiary/aromatic N) is 1. The standard InChI is InChI=1S/C18H37NO4Si/c1-5-8-11-24(12-9-6-2,13-10-7-3)22-15-17-16(19(4)21)14-18(20)23-17/h16-17,21H,5-15H2,1-4H3/t16-,17+/m0/s1. The van der Waals surface area contributed by atoms with Crippen molar-refractivity contribution in [3.8, 4) is 0 Å². The van der Waals surface area contributed by atoms with Crippen LogP contribution in [0.5, 0.6) is 0 Å². The second-order valence-electron chi connectivity index (χ2n) is 7.18. The lowest BCUT2D eigenvalue weighted by molar-refractivity contribution is -0.145.